The smallest absolute Gasteiger partial charge is 0.325 e. The van der Waals surface area contributed by atoms with Crippen LogP contribution in [-0.2, 0) is 32.4 Å². The van der Waals surface area contributed by atoms with E-state index in [1.165, 1.54) is 29.1 Å². The van der Waals surface area contributed by atoms with Crippen LogP contribution in [-0.4, -0.2) is 40.9 Å². The number of carbonyl (C=O) groups excluding carboxylic acids is 1. The number of sulfone groups is 1. The predicted molar refractivity (Wildman–Crippen MR) is 86.4 cm³/mol. The molecule has 0 unspecified atom stereocenters. The van der Waals surface area contributed by atoms with Gasteiger partial charge < -0.3 is 10.4 Å². The topological polar surface area (TPSA) is 118 Å². The molecule has 0 fully saturated rings. The number of anilines is 1. The molecule has 0 saturated carbocycles. The number of aliphatic carboxylic acids is 1. The summed E-state index contributed by atoms with van der Waals surface area (Å²) in [7, 11) is -3.26. The maximum absolute atomic E-state index is 12.0. The van der Waals surface area contributed by atoms with Gasteiger partial charge in [0.15, 0.2) is 15.7 Å². The van der Waals surface area contributed by atoms with Crippen molar-refractivity contribution >= 4 is 27.5 Å². The largest absolute Gasteiger partial charge is 0.480 e. The summed E-state index contributed by atoms with van der Waals surface area (Å²) in [6, 6.07) is 7.63. The summed E-state index contributed by atoms with van der Waals surface area (Å²) in [6.07, 6.45) is 1.51. The lowest BCUT2D eigenvalue weighted by molar-refractivity contribution is -0.137. The number of aromatic nitrogens is 2. The third-order valence-electron chi connectivity index (χ3n) is 3.23. The molecule has 0 saturated heterocycles. The summed E-state index contributed by atoms with van der Waals surface area (Å²) >= 11 is 0. The number of carbonyl (C=O) groups is 2. The number of rotatable bonds is 7. The van der Waals surface area contributed by atoms with Crippen LogP contribution in [0, 0.1) is 0 Å². The van der Waals surface area contributed by atoms with Crippen molar-refractivity contribution in [3.8, 4) is 0 Å². The molecular weight excluding hydrogens is 334 g/mol. The van der Waals surface area contributed by atoms with Crippen molar-refractivity contribution in [2.45, 2.75) is 24.8 Å². The number of nitrogens with zero attached hydrogens (tertiary/aromatic N) is 2. The lowest BCUT2D eigenvalue weighted by atomic mass is 10.1. The molecule has 0 atom stereocenters. The normalized spacial score (nSPS) is 11.2. The fourth-order valence-electron chi connectivity index (χ4n) is 2.01. The van der Waals surface area contributed by atoms with Gasteiger partial charge in [0, 0.05) is 12.3 Å². The number of hydrogen-bond donors (Lipinski definition) is 2. The highest BCUT2D eigenvalue weighted by Crippen LogP contribution is 2.13. The van der Waals surface area contributed by atoms with E-state index in [0.29, 0.717) is 5.56 Å². The molecule has 0 aliphatic carbocycles. The van der Waals surface area contributed by atoms with Gasteiger partial charge in [0.2, 0.25) is 5.91 Å². The summed E-state index contributed by atoms with van der Waals surface area (Å²) in [5.74, 6) is -1.09. The zero-order valence-electron chi connectivity index (χ0n) is 13.0. The van der Waals surface area contributed by atoms with E-state index >= 15 is 0 Å². The molecule has 0 aliphatic rings. The maximum Gasteiger partial charge on any atom is 0.325 e. The van der Waals surface area contributed by atoms with Crippen LogP contribution >= 0.6 is 0 Å². The molecule has 2 aromatic rings. The summed E-state index contributed by atoms with van der Waals surface area (Å²) < 4.78 is 24.6. The van der Waals surface area contributed by atoms with Crippen molar-refractivity contribution in [3.63, 3.8) is 0 Å². The van der Waals surface area contributed by atoms with E-state index in [1.807, 2.05) is 0 Å². The molecule has 0 radical (unpaired) electrons. The summed E-state index contributed by atoms with van der Waals surface area (Å²) in [6.45, 7) is 1.28. The van der Waals surface area contributed by atoms with Crippen molar-refractivity contribution in [2.24, 2.45) is 0 Å². The fraction of sp³-hybridized carbons (Fsp3) is 0.267. The Labute approximate surface area is 139 Å². The highest BCUT2D eigenvalue weighted by molar-refractivity contribution is 7.91. The van der Waals surface area contributed by atoms with Crippen LogP contribution in [0.4, 0.5) is 5.82 Å². The molecule has 2 rings (SSSR count). The number of carboxylic acids is 1. The second kappa shape index (κ2) is 7.26. The van der Waals surface area contributed by atoms with E-state index in [1.54, 1.807) is 19.1 Å². The van der Waals surface area contributed by atoms with Crippen molar-refractivity contribution in [2.75, 3.05) is 11.1 Å². The minimum absolute atomic E-state index is 0.0197. The molecule has 9 heteroatoms. The van der Waals surface area contributed by atoms with E-state index < -0.39 is 15.8 Å². The third-order valence-corrected chi connectivity index (χ3v) is 4.98. The number of hydrogen-bond acceptors (Lipinski definition) is 5. The predicted octanol–water partition coefficient (Wildman–Crippen LogP) is 0.942. The minimum atomic E-state index is -3.26. The quantitative estimate of drug-likeness (QED) is 0.766. The molecule has 2 N–H and O–H groups in total. The molecule has 8 nitrogen and oxygen atoms in total. The Morgan fingerprint density at radius 1 is 1.21 bits per heavy atom. The Morgan fingerprint density at radius 3 is 2.46 bits per heavy atom. The molecule has 0 bridgehead atoms. The summed E-state index contributed by atoms with van der Waals surface area (Å²) in [4.78, 5) is 22.8. The van der Waals surface area contributed by atoms with E-state index in [0.717, 1.165) is 0 Å². The van der Waals surface area contributed by atoms with Crippen LogP contribution in [0.3, 0.4) is 0 Å². The summed E-state index contributed by atoms with van der Waals surface area (Å²) in [5.41, 5.74) is 0.660. The third kappa shape index (κ3) is 4.66. The van der Waals surface area contributed by atoms with Crippen LogP contribution < -0.4 is 5.32 Å². The zero-order chi connectivity index (χ0) is 17.7. The molecule has 1 aromatic carbocycles. The van der Waals surface area contributed by atoms with Gasteiger partial charge in [0.25, 0.3) is 0 Å². The molecule has 24 heavy (non-hydrogen) atoms. The van der Waals surface area contributed by atoms with Gasteiger partial charge in [0.1, 0.15) is 6.54 Å². The zero-order valence-corrected chi connectivity index (χ0v) is 13.8. The van der Waals surface area contributed by atoms with Gasteiger partial charge in [-0.15, -0.1) is 0 Å². The van der Waals surface area contributed by atoms with E-state index in [2.05, 4.69) is 10.4 Å². The first-order valence-electron chi connectivity index (χ1n) is 7.17. The molecule has 1 aromatic heterocycles. The monoisotopic (exact) mass is 351 g/mol. The van der Waals surface area contributed by atoms with Gasteiger partial charge in [-0.25, -0.2) is 8.42 Å². The number of nitrogens with one attached hydrogen (secondary N) is 1. The maximum atomic E-state index is 12.0. The first-order valence-corrected chi connectivity index (χ1v) is 8.82. The van der Waals surface area contributed by atoms with E-state index in [9.17, 15) is 18.0 Å². The Hall–Kier alpha value is -2.68. The minimum Gasteiger partial charge on any atom is -0.480 e. The Morgan fingerprint density at radius 2 is 1.88 bits per heavy atom. The van der Waals surface area contributed by atoms with E-state index in [4.69, 9.17) is 5.11 Å². The molecule has 1 amide bonds. The average Bonchev–Trinajstić information content (AvgIpc) is 2.93. The first kappa shape index (κ1) is 17.7. The SMILES string of the molecule is CCS(=O)(=O)c1ccc(CC(=O)Nc2ccn(CC(=O)O)n2)cc1. The van der Waals surface area contributed by atoms with Crippen molar-refractivity contribution in [1.82, 2.24) is 9.78 Å². The number of carboxylic acid groups (broad SMARTS) is 1. The highest BCUT2D eigenvalue weighted by Gasteiger charge is 2.12. The van der Waals surface area contributed by atoms with Gasteiger partial charge in [-0.2, -0.15) is 5.10 Å². The second-order valence-electron chi connectivity index (χ2n) is 5.06. The molecule has 0 spiro atoms. The lowest BCUT2D eigenvalue weighted by Crippen LogP contribution is -2.16. The Balaban J connectivity index is 1.97. The van der Waals surface area contributed by atoms with Gasteiger partial charge in [-0.3, -0.25) is 14.3 Å². The lowest BCUT2D eigenvalue weighted by Gasteiger charge is -2.05. The standard InChI is InChI=1S/C15H17N3O5S/c1-2-24(22,23)12-5-3-11(4-6-12)9-14(19)16-13-7-8-18(17-13)10-15(20)21/h3-8H,2,9-10H2,1H3,(H,20,21)(H,16,17,19). The number of amides is 1. The van der Waals surface area contributed by atoms with Crippen molar-refractivity contribution in [3.05, 3.63) is 42.1 Å². The summed E-state index contributed by atoms with van der Waals surface area (Å²) in [5, 5.41) is 15.1. The molecule has 128 valence electrons. The van der Waals surface area contributed by atoms with Gasteiger partial charge in [-0.05, 0) is 17.7 Å². The molecule has 0 aliphatic heterocycles. The molecule has 1 heterocycles. The van der Waals surface area contributed by atoms with Crippen LogP contribution in [0.25, 0.3) is 0 Å². The van der Waals surface area contributed by atoms with Crippen LogP contribution in [0.1, 0.15) is 12.5 Å². The van der Waals surface area contributed by atoms with Gasteiger partial charge in [-0.1, -0.05) is 19.1 Å². The fourth-order valence-corrected chi connectivity index (χ4v) is 2.89. The first-order chi connectivity index (χ1) is 11.3. The Bertz CT molecular complexity index is 840. The second-order valence-corrected chi connectivity index (χ2v) is 7.34. The highest BCUT2D eigenvalue weighted by atomic mass is 32.2. The van der Waals surface area contributed by atoms with Crippen LogP contribution in [0.5, 0.6) is 0 Å². The van der Waals surface area contributed by atoms with Crippen molar-refractivity contribution in [1.29, 1.82) is 0 Å². The van der Waals surface area contributed by atoms with Crippen LogP contribution in [0.15, 0.2) is 41.4 Å². The van der Waals surface area contributed by atoms with Crippen molar-refractivity contribution < 1.29 is 23.1 Å². The number of benzene rings is 1. The average molecular weight is 351 g/mol. The molecular formula is C15H17N3O5S. The van der Waals surface area contributed by atoms with Gasteiger partial charge in [0.05, 0.1) is 17.1 Å². The van der Waals surface area contributed by atoms with Crippen LogP contribution in [0.2, 0.25) is 0 Å². The van der Waals surface area contributed by atoms with Gasteiger partial charge >= 0.3 is 5.97 Å². The van der Waals surface area contributed by atoms with E-state index in [-0.39, 0.29) is 35.3 Å². The Kier molecular flexibility index (Phi) is 5.35.